The van der Waals surface area contributed by atoms with Gasteiger partial charge in [0.1, 0.15) is 5.82 Å². The van der Waals surface area contributed by atoms with Gasteiger partial charge in [-0.1, -0.05) is 6.92 Å². The Kier molecular flexibility index (Phi) is 2.09. The third kappa shape index (κ3) is 1.64. The fourth-order valence-corrected chi connectivity index (χ4v) is 2.03. The Morgan fingerprint density at radius 2 is 2.31 bits per heavy atom. The Morgan fingerprint density at radius 1 is 1.50 bits per heavy atom. The second-order valence-electron chi connectivity index (χ2n) is 4.57. The average Bonchev–Trinajstić information content (AvgIpc) is 2.95. The van der Waals surface area contributed by atoms with Crippen LogP contribution < -0.4 is 5.56 Å². The molecule has 0 bridgehead atoms. The normalized spacial score (nSPS) is 15.8. The number of nitrogens with zero attached hydrogens (tertiary/aromatic N) is 2. The molecule has 2 heterocycles. The summed E-state index contributed by atoms with van der Waals surface area (Å²) in [5, 5.41) is 3.00. The molecule has 0 unspecified atom stereocenters. The molecule has 1 saturated carbocycles. The minimum atomic E-state index is 0.000324. The summed E-state index contributed by atoms with van der Waals surface area (Å²) in [6.45, 7) is 2.02. The van der Waals surface area contributed by atoms with Crippen LogP contribution in [0.3, 0.4) is 0 Å². The predicted molar refractivity (Wildman–Crippen MR) is 61.6 cm³/mol. The number of aromatic amines is 1. The van der Waals surface area contributed by atoms with Gasteiger partial charge in [0.05, 0.1) is 0 Å². The molecule has 4 heteroatoms. The zero-order valence-corrected chi connectivity index (χ0v) is 9.36. The van der Waals surface area contributed by atoms with Crippen LogP contribution in [0.5, 0.6) is 0 Å². The van der Waals surface area contributed by atoms with Crippen LogP contribution in [0.4, 0.5) is 0 Å². The topological polar surface area (TPSA) is 50.2 Å². The lowest BCUT2D eigenvalue weighted by Gasteiger charge is -1.98. The predicted octanol–water partition coefficient (Wildman–Crippen LogP) is 1.54. The maximum atomic E-state index is 11.8. The summed E-state index contributed by atoms with van der Waals surface area (Å²) >= 11 is 0. The van der Waals surface area contributed by atoms with Crippen molar-refractivity contribution in [3.63, 3.8) is 0 Å². The molecule has 2 aromatic heterocycles. The van der Waals surface area contributed by atoms with Crippen LogP contribution in [-0.4, -0.2) is 14.6 Å². The highest BCUT2D eigenvalue weighted by Gasteiger charge is 2.22. The van der Waals surface area contributed by atoms with Crippen LogP contribution in [-0.2, 0) is 12.8 Å². The molecule has 84 valence electrons. The molecule has 1 aliphatic rings. The van der Waals surface area contributed by atoms with Crippen LogP contribution in [0.1, 0.15) is 31.2 Å². The summed E-state index contributed by atoms with van der Waals surface area (Å²) in [5.41, 5.74) is 1.88. The van der Waals surface area contributed by atoms with E-state index in [1.807, 2.05) is 13.0 Å². The summed E-state index contributed by atoms with van der Waals surface area (Å²) in [6.07, 6.45) is 4.46. The van der Waals surface area contributed by atoms with E-state index in [-0.39, 0.29) is 5.56 Å². The number of hydrogen-bond donors (Lipinski definition) is 1. The minimum absolute atomic E-state index is 0.000324. The number of hydrogen-bond acceptors (Lipinski definition) is 2. The summed E-state index contributed by atoms with van der Waals surface area (Å²) in [6, 6.07) is 3.75. The van der Waals surface area contributed by atoms with Crippen molar-refractivity contribution in [1.29, 1.82) is 0 Å². The highest BCUT2D eigenvalue weighted by Crippen LogP contribution is 2.32. The first kappa shape index (κ1) is 9.63. The zero-order chi connectivity index (χ0) is 11.1. The van der Waals surface area contributed by atoms with E-state index in [1.165, 1.54) is 17.4 Å². The summed E-state index contributed by atoms with van der Waals surface area (Å²) in [7, 11) is 0. The van der Waals surface area contributed by atoms with Crippen LogP contribution in [0.25, 0.3) is 5.65 Å². The highest BCUT2D eigenvalue weighted by atomic mass is 16.1. The van der Waals surface area contributed by atoms with Crippen molar-refractivity contribution in [3.8, 4) is 0 Å². The van der Waals surface area contributed by atoms with Crippen LogP contribution in [0.2, 0.25) is 0 Å². The van der Waals surface area contributed by atoms with Gasteiger partial charge in [-0.2, -0.15) is 0 Å². The minimum Gasteiger partial charge on any atom is -0.276 e. The molecule has 16 heavy (non-hydrogen) atoms. The lowest BCUT2D eigenvalue weighted by atomic mass is 10.1. The number of aromatic nitrogens is 3. The molecule has 0 aromatic carbocycles. The Bertz CT molecular complexity index is 577. The number of fused-ring (bicyclic) bond motifs is 1. The van der Waals surface area contributed by atoms with Crippen molar-refractivity contribution in [1.82, 2.24) is 14.6 Å². The third-order valence-corrected chi connectivity index (χ3v) is 3.12. The Hall–Kier alpha value is -1.58. The fraction of sp³-hybridized carbons (Fsp3) is 0.500. The van der Waals surface area contributed by atoms with Gasteiger partial charge in [-0.15, -0.1) is 0 Å². The number of rotatable bonds is 3. The zero-order valence-electron chi connectivity index (χ0n) is 9.36. The van der Waals surface area contributed by atoms with Gasteiger partial charge in [0, 0.05) is 12.5 Å². The fourth-order valence-electron chi connectivity index (χ4n) is 2.03. The standard InChI is InChI=1S/C12H15N3O/c1-2-10-13-11-6-9(5-8-3-4-8)7-12(16)15(11)14-10/h6-8H,2-5H2,1H3,(H,13,14). The number of aryl methyl sites for hydroxylation is 1. The Morgan fingerprint density at radius 3 is 3.00 bits per heavy atom. The van der Waals surface area contributed by atoms with Crippen molar-refractivity contribution in [2.45, 2.75) is 32.6 Å². The van der Waals surface area contributed by atoms with E-state index in [4.69, 9.17) is 0 Å². The monoisotopic (exact) mass is 217 g/mol. The van der Waals surface area contributed by atoms with Crippen molar-refractivity contribution in [3.05, 3.63) is 33.9 Å². The van der Waals surface area contributed by atoms with Gasteiger partial charge < -0.3 is 0 Å². The van der Waals surface area contributed by atoms with Gasteiger partial charge in [-0.05, 0) is 36.8 Å². The first-order valence-corrected chi connectivity index (χ1v) is 5.87. The average molecular weight is 217 g/mol. The molecular formula is C12H15N3O. The molecule has 0 saturated heterocycles. The first-order valence-electron chi connectivity index (χ1n) is 5.87. The van der Waals surface area contributed by atoms with Gasteiger partial charge in [-0.3, -0.25) is 9.89 Å². The molecule has 3 rings (SSSR count). The SMILES string of the molecule is CCc1nc2cc(CC3CC3)cc(=O)n2[nH]1. The Balaban J connectivity index is 2.08. The van der Waals surface area contributed by atoms with Gasteiger partial charge in [0.15, 0.2) is 5.65 Å². The van der Waals surface area contributed by atoms with Crippen LogP contribution >= 0.6 is 0 Å². The molecule has 0 aliphatic heterocycles. The first-order chi connectivity index (χ1) is 7.76. The molecular weight excluding hydrogens is 202 g/mol. The summed E-state index contributed by atoms with van der Waals surface area (Å²) in [5.74, 6) is 1.66. The lowest BCUT2D eigenvalue weighted by molar-refractivity contribution is 0.816. The van der Waals surface area contributed by atoms with E-state index in [0.29, 0.717) is 0 Å². The van der Waals surface area contributed by atoms with Crippen molar-refractivity contribution < 1.29 is 0 Å². The van der Waals surface area contributed by atoms with Gasteiger partial charge in [0.2, 0.25) is 0 Å². The van der Waals surface area contributed by atoms with E-state index in [1.54, 1.807) is 6.07 Å². The van der Waals surface area contributed by atoms with Gasteiger partial charge >= 0.3 is 0 Å². The van der Waals surface area contributed by atoms with Crippen molar-refractivity contribution in [2.75, 3.05) is 0 Å². The quantitative estimate of drug-likeness (QED) is 0.847. The maximum Gasteiger partial charge on any atom is 0.271 e. The Labute approximate surface area is 93.3 Å². The largest absolute Gasteiger partial charge is 0.276 e. The van der Waals surface area contributed by atoms with E-state index in [9.17, 15) is 4.79 Å². The van der Waals surface area contributed by atoms with Crippen molar-refractivity contribution in [2.24, 2.45) is 5.92 Å². The van der Waals surface area contributed by atoms with E-state index in [2.05, 4.69) is 10.1 Å². The number of pyridine rings is 1. The van der Waals surface area contributed by atoms with E-state index in [0.717, 1.165) is 35.8 Å². The summed E-state index contributed by atoms with van der Waals surface area (Å²) < 4.78 is 1.52. The molecule has 2 aromatic rings. The van der Waals surface area contributed by atoms with E-state index < -0.39 is 0 Å². The van der Waals surface area contributed by atoms with Crippen molar-refractivity contribution >= 4 is 5.65 Å². The molecule has 1 aliphatic carbocycles. The summed E-state index contributed by atoms with van der Waals surface area (Å²) in [4.78, 5) is 16.2. The van der Waals surface area contributed by atoms with E-state index >= 15 is 0 Å². The van der Waals surface area contributed by atoms with Gasteiger partial charge in [-0.25, -0.2) is 9.50 Å². The molecule has 1 N–H and O–H groups in total. The highest BCUT2D eigenvalue weighted by molar-refractivity contribution is 5.40. The molecule has 0 radical (unpaired) electrons. The van der Waals surface area contributed by atoms with Crippen LogP contribution in [0.15, 0.2) is 16.9 Å². The molecule has 0 spiro atoms. The molecule has 1 fully saturated rings. The maximum absolute atomic E-state index is 11.8. The smallest absolute Gasteiger partial charge is 0.271 e. The second-order valence-corrected chi connectivity index (χ2v) is 4.57. The van der Waals surface area contributed by atoms with Gasteiger partial charge in [0.25, 0.3) is 5.56 Å². The molecule has 0 amide bonds. The molecule has 0 atom stereocenters. The number of nitrogens with one attached hydrogen (secondary N) is 1. The van der Waals surface area contributed by atoms with Crippen LogP contribution in [0, 0.1) is 5.92 Å². The lowest BCUT2D eigenvalue weighted by Crippen LogP contribution is -2.14. The molecule has 4 nitrogen and oxygen atoms in total. The number of H-pyrrole nitrogens is 1. The third-order valence-electron chi connectivity index (χ3n) is 3.12. The second kappa shape index (κ2) is 3.47.